The summed E-state index contributed by atoms with van der Waals surface area (Å²) < 4.78 is 5.35. The molecular formula is C14H23N3O2. The van der Waals surface area contributed by atoms with E-state index in [2.05, 4.69) is 29.5 Å². The number of carbonyl (C=O) groups excluding carboxylic acids is 1. The van der Waals surface area contributed by atoms with Crippen molar-refractivity contribution in [1.82, 2.24) is 15.6 Å². The maximum Gasteiger partial charge on any atom is 0.257 e. The van der Waals surface area contributed by atoms with Crippen molar-refractivity contribution >= 4 is 5.91 Å². The predicted molar refractivity (Wildman–Crippen MR) is 75.0 cm³/mol. The minimum atomic E-state index is -0.104. The van der Waals surface area contributed by atoms with E-state index < -0.39 is 0 Å². The van der Waals surface area contributed by atoms with Crippen LogP contribution in [0.3, 0.4) is 0 Å². The van der Waals surface area contributed by atoms with Gasteiger partial charge in [0.25, 0.3) is 5.91 Å². The zero-order chi connectivity index (χ0) is 14.1. The van der Waals surface area contributed by atoms with Crippen molar-refractivity contribution in [1.29, 1.82) is 0 Å². The minimum absolute atomic E-state index is 0.0330. The van der Waals surface area contributed by atoms with Crippen LogP contribution in [0.5, 0.6) is 5.75 Å². The summed E-state index contributed by atoms with van der Waals surface area (Å²) in [6.07, 6.45) is 2.56. The van der Waals surface area contributed by atoms with E-state index in [1.807, 2.05) is 19.1 Å². The Hall–Kier alpha value is -1.62. The van der Waals surface area contributed by atoms with E-state index in [1.165, 1.54) is 0 Å². The third-order valence-corrected chi connectivity index (χ3v) is 2.43. The van der Waals surface area contributed by atoms with Gasteiger partial charge in [0.2, 0.25) is 0 Å². The normalized spacial score (nSPS) is 10.5. The van der Waals surface area contributed by atoms with Crippen molar-refractivity contribution in [2.45, 2.75) is 39.8 Å². The molecule has 0 aliphatic rings. The summed E-state index contributed by atoms with van der Waals surface area (Å²) in [7, 11) is 0. The maximum atomic E-state index is 11.4. The van der Waals surface area contributed by atoms with Gasteiger partial charge in [0.15, 0.2) is 6.61 Å². The first-order chi connectivity index (χ1) is 9.11. The molecule has 0 saturated heterocycles. The fourth-order valence-corrected chi connectivity index (χ4v) is 1.37. The highest BCUT2D eigenvalue weighted by molar-refractivity contribution is 5.77. The Bertz CT molecular complexity index is 377. The number of hydrogen-bond donors (Lipinski definition) is 2. The van der Waals surface area contributed by atoms with Gasteiger partial charge in [0, 0.05) is 19.1 Å². The molecule has 5 heteroatoms. The molecule has 1 aromatic rings. The molecular weight excluding hydrogens is 242 g/mol. The molecule has 0 aromatic carbocycles. The molecule has 0 saturated carbocycles. The van der Waals surface area contributed by atoms with E-state index in [4.69, 9.17) is 4.74 Å². The van der Waals surface area contributed by atoms with Crippen LogP contribution in [0.25, 0.3) is 0 Å². The Morgan fingerprint density at radius 1 is 1.42 bits per heavy atom. The van der Waals surface area contributed by atoms with Crippen molar-refractivity contribution in [2.75, 3.05) is 13.2 Å². The molecule has 0 spiro atoms. The van der Waals surface area contributed by atoms with E-state index in [0.717, 1.165) is 18.7 Å². The number of pyridine rings is 1. The molecule has 2 N–H and O–H groups in total. The Kier molecular flexibility index (Phi) is 6.89. The third-order valence-electron chi connectivity index (χ3n) is 2.43. The molecule has 19 heavy (non-hydrogen) atoms. The van der Waals surface area contributed by atoms with Gasteiger partial charge in [-0.2, -0.15) is 0 Å². The predicted octanol–water partition coefficient (Wildman–Crippen LogP) is 1.48. The number of aromatic nitrogens is 1. The molecule has 106 valence electrons. The second-order valence-corrected chi connectivity index (χ2v) is 4.66. The number of amides is 1. The van der Waals surface area contributed by atoms with E-state index in [9.17, 15) is 4.79 Å². The van der Waals surface area contributed by atoms with Crippen molar-refractivity contribution in [3.8, 4) is 5.75 Å². The summed E-state index contributed by atoms with van der Waals surface area (Å²) in [6.45, 7) is 7.63. The van der Waals surface area contributed by atoms with Crippen LogP contribution in [0.15, 0.2) is 18.3 Å². The van der Waals surface area contributed by atoms with E-state index in [1.54, 1.807) is 6.20 Å². The monoisotopic (exact) mass is 265 g/mol. The average molecular weight is 265 g/mol. The van der Waals surface area contributed by atoms with Crippen molar-refractivity contribution < 1.29 is 9.53 Å². The summed E-state index contributed by atoms with van der Waals surface area (Å²) in [5, 5.41) is 6.04. The van der Waals surface area contributed by atoms with E-state index in [-0.39, 0.29) is 12.5 Å². The molecule has 0 bridgehead atoms. The maximum absolute atomic E-state index is 11.4. The van der Waals surface area contributed by atoms with Gasteiger partial charge in [0.05, 0.1) is 11.9 Å². The summed E-state index contributed by atoms with van der Waals surface area (Å²) in [5.74, 6) is 0.507. The van der Waals surface area contributed by atoms with Gasteiger partial charge in [-0.15, -0.1) is 0 Å². The van der Waals surface area contributed by atoms with E-state index >= 15 is 0 Å². The molecule has 1 rings (SSSR count). The quantitative estimate of drug-likeness (QED) is 0.747. The molecule has 1 amide bonds. The number of nitrogens with zero attached hydrogens (tertiary/aromatic N) is 1. The molecule has 0 aliphatic carbocycles. The lowest BCUT2D eigenvalue weighted by Gasteiger charge is -2.09. The van der Waals surface area contributed by atoms with Crippen LogP contribution in [0.1, 0.15) is 32.9 Å². The smallest absolute Gasteiger partial charge is 0.257 e. The molecule has 1 aromatic heterocycles. The second kappa shape index (κ2) is 8.48. The summed E-state index contributed by atoms with van der Waals surface area (Å²) in [4.78, 5) is 15.6. The number of carbonyl (C=O) groups is 1. The molecule has 0 aliphatic heterocycles. The molecule has 0 unspecified atom stereocenters. The highest BCUT2D eigenvalue weighted by Gasteiger charge is 2.02. The molecule has 1 heterocycles. The molecule has 0 fully saturated rings. The van der Waals surface area contributed by atoms with Crippen LogP contribution in [0.2, 0.25) is 0 Å². The first-order valence-electron chi connectivity index (χ1n) is 6.69. The fourth-order valence-electron chi connectivity index (χ4n) is 1.37. The van der Waals surface area contributed by atoms with Crippen molar-refractivity contribution in [3.05, 3.63) is 24.0 Å². The van der Waals surface area contributed by atoms with Crippen LogP contribution in [0, 0.1) is 0 Å². The molecule has 0 atom stereocenters. The van der Waals surface area contributed by atoms with Crippen LogP contribution in [-0.4, -0.2) is 30.1 Å². The van der Waals surface area contributed by atoms with Gasteiger partial charge in [-0.1, -0.05) is 20.8 Å². The van der Waals surface area contributed by atoms with Gasteiger partial charge in [-0.3, -0.25) is 9.78 Å². The summed E-state index contributed by atoms with van der Waals surface area (Å²) in [5.41, 5.74) is 0.955. The van der Waals surface area contributed by atoms with Gasteiger partial charge in [-0.25, -0.2) is 0 Å². The summed E-state index contributed by atoms with van der Waals surface area (Å²) >= 11 is 0. The highest BCUT2D eigenvalue weighted by atomic mass is 16.5. The minimum Gasteiger partial charge on any atom is -0.482 e. The zero-order valence-electron chi connectivity index (χ0n) is 11.9. The van der Waals surface area contributed by atoms with Gasteiger partial charge < -0.3 is 15.4 Å². The Balaban J connectivity index is 2.33. The summed E-state index contributed by atoms with van der Waals surface area (Å²) in [6, 6.07) is 4.16. The molecule has 5 nitrogen and oxygen atoms in total. The van der Waals surface area contributed by atoms with Crippen LogP contribution >= 0.6 is 0 Å². The van der Waals surface area contributed by atoms with Crippen molar-refractivity contribution in [3.63, 3.8) is 0 Å². The number of hydrogen-bond acceptors (Lipinski definition) is 4. The standard InChI is InChI=1S/C14H23N3O2/c1-4-7-15-14(18)10-19-13-6-5-12(17-9-13)8-16-11(2)3/h5-6,9,11,16H,4,7-8,10H2,1-3H3,(H,15,18). The SMILES string of the molecule is CCCNC(=O)COc1ccc(CNC(C)C)nc1. The fraction of sp³-hybridized carbons (Fsp3) is 0.571. The van der Waals surface area contributed by atoms with Gasteiger partial charge in [0.1, 0.15) is 5.75 Å². The van der Waals surface area contributed by atoms with Crippen LogP contribution in [-0.2, 0) is 11.3 Å². The Morgan fingerprint density at radius 2 is 2.21 bits per heavy atom. The van der Waals surface area contributed by atoms with Gasteiger partial charge >= 0.3 is 0 Å². The van der Waals surface area contributed by atoms with Crippen LogP contribution in [0.4, 0.5) is 0 Å². The topological polar surface area (TPSA) is 63.2 Å². The first-order valence-corrected chi connectivity index (χ1v) is 6.69. The first kappa shape index (κ1) is 15.4. The van der Waals surface area contributed by atoms with E-state index in [0.29, 0.717) is 18.3 Å². The van der Waals surface area contributed by atoms with Gasteiger partial charge in [-0.05, 0) is 18.6 Å². The third kappa shape index (κ3) is 6.76. The Morgan fingerprint density at radius 3 is 2.79 bits per heavy atom. The lowest BCUT2D eigenvalue weighted by molar-refractivity contribution is -0.123. The second-order valence-electron chi connectivity index (χ2n) is 4.66. The largest absolute Gasteiger partial charge is 0.482 e. The molecule has 0 radical (unpaired) electrons. The average Bonchev–Trinajstić information content (AvgIpc) is 2.41. The number of rotatable bonds is 8. The number of ether oxygens (including phenoxy) is 1. The Labute approximate surface area is 114 Å². The van der Waals surface area contributed by atoms with Crippen molar-refractivity contribution in [2.24, 2.45) is 0 Å². The van der Waals surface area contributed by atoms with Crippen LogP contribution < -0.4 is 15.4 Å². The number of nitrogens with one attached hydrogen (secondary N) is 2. The lowest BCUT2D eigenvalue weighted by atomic mass is 10.3. The zero-order valence-corrected chi connectivity index (χ0v) is 11.9. The highest BCUT2D eigenvalue weighted by Crippen LogP contribution is 2.08. The lowest BCUT2D eigenvalue weighted by Crippen LogP contribution is -2.29.